The molecule has 674 valence electrons. The first-order valence-corrected chi connectivity index (χ1v) is 47.7. The summed E-state index contributed by atoms with van der Waals surface area (Å²) in [6, 6.07) is 96.5. The lowest BCUT2D eigenvalue weighted by Crippen LogP contribution is -2.58. The molecule has 9 aromatic rings. The molecule has 33 heteroatoms. The van der Waals surface area contributed by atoms with E-state index in [1.54, 1.807) is 6.92 Å². The Labute approximate surface area is 743 Å². The van der Waals surface area contributed by atoms with Crippen LogP contribution in [0.4, 0.5) is 26.3 Å². The standard InChI is InChI=1S/3C18H15S.C17H22F2O7S.C14H18F2O7S.C9H12F2O7S/c3*1-4-10-16(11-5-1)19(17-12-6-2-7-13-17)18-14-8-3-9-15-18;1-9(2)14(20)26-16-5-10-3-11(6-16)13(12(4-10)7-16)15(21)25-8-17(18,19)27(22,23)24;1-7(2)12(17)23-11-5-8-3-9(11)4-10(8)13(18)22-6-14(15,16)24(19,20)21;1-6(2)8(13)17-4-3-7(12)18-5-9(10,11)19(14,15)16/h3*1-15H;10-13H,1,3-8H2,2H3,(H,22,23,24);8-11H,1,3-6H2,2H3,(H,19,20,21);1,3-5H2,2H3,(H,14,15,16)/q3*+1;;;/p-3. The number of ether oxygens (including phenoxy) is 6. The molecule has 0 heterocycles. The summed E-state index contributed by atoms with van der Waals surface area (Å²) in [4.78, 5) is 81.7. The van der Waals surface area contributed by atoms with E-state index in [-0.39, 0.29) is 85.1 Å². The minimum atomic E-state index is -5.91. The molecule has 0 aromatic heterocycles. The SMILES string of the molecule is C=C(C)C(=O)OC12CC3CC(C1)C(C(=O)OCC(F)(F)S(=O)(=O)[O-])C(C3)C2.C=C(C)C(=O)OC1CC2CC1CC2C(=O)OCC(F)(F)S(=O)(=O)[O-].C=C(C)C(=O)OCCC(=O)OCC(F)(F)S(=O)(=O)[O-].c1ccc([S+](c2ccccc2)c2ccccc2)cc1.c1ccc([S+](c2ccccc2)c2ccccc2)cc1.c1ccc([S+](c2ccccc2)c2ccccc2)cc1. The number of alkyl halides is 6. The summed E-state index contributed by atoms with van der Waals surface area (Å²) in [5, 5.41) is -14.0. The third-order valence-corrected chi connectivity index (χ3v) is 30.1. The molecular weight excluding hydrogens is 1770 g/mol. The van der Waals surface area contributed by atoms with Crippen LogP contribution in [0.1, 0.15) is 78.6 Å². The number of hydrogen-bond donors (Lipinski definition) is 0. The van der Waals surface area contributed by atoms with Crippen molar-refractivity contribution in [2.75, 3.05) is 26.4 Å². The average molecular weight is 1870 g/mol. The molecule has 6 aliphatic carbocycles. The van der Waals surface area contributed by atoms with Crippen LogP contribution in [0.5, 0.6) is 0 Å². The quantitative estimate of drug-likeness (QED) is 0.0110. The Bertz CT molecular complexity index is 4980. The monoisotopic (exact) mass is 1860 g/mol. The molecule has 6 unspecified atom stereocenters. The van der Waals surface area contributed by atoms with Crippen LogP contribution >= 0.6 is 0 Å². The van der Waals surface area contributed by atoms with Crippen molar-refractivity contribution in [3.8, 4) is 0 Å². The Morgan fingerprint density at radius 1 is 0.362 bits per heavy atom. The number of rotatable bonds is 28. The summed E-state index contributed by atoms with van der Waals surface area (Å²) in [6.45, 7) is 8.82. The van der Waals surface area contributed by atoms with E-state index in [9.17, 15) is 94.0 Å². The van der Waals surface area contributed by atoms with Gasteiger partial charge in [-0.15, -0.1) is 0 Å². The molecule has 15 rings (SSSR count). The fraction of sp³-hybridized carbons (Fsp3) is 0.298. The van der Waals surface area contributed by atoms with E-state index in [2.05, 4.69) is 312 Å². The van der Waals surface area contributed by atoms with E-state index in [4.69, 9.17) is 9.47 Å². The van der Waals surface area contributed by atoms with Crippen LogP contribution in [0.3, 0.4) is 0 Å². The molecule has 6 fully saturated rings. The number of esters is 6. The zero-order valence-corrected chi connectivity index (χ0v) is 74.1. The first-order chi connectivity index (χ1) is 60.1. The van der Waals surface area contributed by atoms with E-state index in [1.807, 2.05) is 0 Å². The third-order valence-electron chi connectivity index (χ3n) is 20.8. The van der Waals surface area contributed by atoms with Gasteiger partial charge in [0.05, 0.1) is 50.9 Å². The molecule has 6 atom stereocenters. The summed E-state index contributed by atoms with van der Waals surface area (Å²) in [5.74, 6) is -6.64. The van der Waals surface area contributed by atoms with E-state index >= 15 is 0 Å². The van der Waals surface area contributed by atoms with Crippen molar-refractivity contribution in [2.24, 2.45) is 41.4 Å². The normalized spacial score (nSPS) is 19.5. The maximum atomic E-state index is 13.3. The van der Waals surface area contributed by atoms with Crippen LogP contribution in [0.15, 0.2) is 354 Å². The van der Waals surface area contributed by atoms with Gasteiger partial charge in [0.2, 0.25) is 0 Å². The van der Waals surface area contributed by atoms with Gasteiger partial charge in [-0.05, 0) is 211 Å². The van der Waals surface area contributed by atoms with Crippen molar-refractivity contribution < 1.29 is 122 Å². The van der Waals surface area contributed by atoms with E-state index in [1.165, 1.54) is 57.9 Å². The van der Waals surface area contributed by atoms with Gasteiger partial charge in [0.15, 0.2) is 94.2 Å². The van der Waals surface area contributed by atoms with Crippen LogP contribution in [0.25, 0.3) is 0 Å². The maximum Gasteiger partial charge on any atom is 0.367 e. The summed E-state index contributed by atoms with van der Waals surface area (Å²) < 4.78 is 199. The van der Waals surface area contributed by atoms with E-state index in [0.717, 1.165) is 0 Å². The molecule has 0 radical (unpaired) electrons. The maximum absolute atomic E-state index is 13.3. The summed E-state index contributed by atoms with van der Waals surface area (Å²) >= 11 is 0. The predicted octanol–water partition coefficient (Wildman–Crippen LogP) is 17.7. The van der Waals surface area contributed by atoms with Gasteiger partial charge in [0.25, 0.3) is 0 Å². The highest BCUT2D eigenvalue weighted by atomic mass is 32.2. The van der Waals surface area contributed by atoms with Gasteiger partial charge in [-0.25, -0.2) is 39.6 Å². The van der Waals surface area contributed by atoms with Crippen molar-refractivity contribution in [3.63, 3.8) is 0 Å². The number of hydrogen-bond acceptors (Lipinski definition) is 21. The second-order valence-electron chi connectivity index (χ2n) is 30.5. The van der Waals surface area contributed by atoms with Gasteiger partial charge in [0, 0.05) is 16.7 Å². The highest BCUT2D eigenvalue weighted by Crippen LogP contribution is 2.60. The molecule has 0 spiro atoms. The van der Waals surface area contributed by atoms with Gasteiger partial charge in [-0.1, -0.05) is 184 Å². The van der Waals surface area contributed by atoms with Gasteiger partial charge >= 0.3 is 51.6 Å². The van der Waals surface area contributed by atoms with E-state index in [0.29, 0.717) is 51.4 Å². The highest BCUT2D eigenvalue weighted by Gasteiger charge is 2.60. The predicted molar refractivity (Wildman–Crippen MR) is 461 cm³/mol. The fourth-order valence-corrected chi connectivity index (χ4v) is 22.1. The Hall–Kier alpha value is -10.6. The number of benzene rings is 9. The second kappa shape index (κ2) is 45.4. The topological polar surface area (TPSA) is 329 Å². The summed E-state index contributed by atoms with van der Waals surface area (Å²) in [5.41, 5.74) is -0.0547. The minimum absolute atomic E-state index is 0.0146. The minimum Gasteiger partial charge on any atom is -0.743 e. The van der Waals surface area contributed by atoms with Crippen LogP contribution < -0.4 is 0 Å². The highest BCUT2D eigenvalue weighted by molar-refractivity contribution is 7.97. The first kappa shape index (κ1) is 100. The van der Waals surface area contributed by atoms with Gasteiger partial charge in [-0.2, -0.15) is 26.3 Å². The molecule has 6 bridgehead atoms. The number of halogens is 6. The van der Waals surface area contributed by atoms with Gasteiger partial charge < -0.3 is 42.1 Å². The Morgan fingerprint density at radius 2 is 0.646 bits per heavy atom. The average Bonchev–Trinajstić information content (AvgIpc) is 1.48. The molecule has 6 saturated carbocycles. The van der Waals surface area contributed by atoms with Gasteiger partial charge in [0.1, 0.15) is 18.3 Å². The first-order valence-electron chi connectivity index (χ1n) is 39.8. The van der Waals surface area contributed by atoms with Crippen LogP contribution in [-0.2, 0) is 120 Å². The lowest BCUT2D eigenvalue weighted by molar-refractivity contribution is -0.201. The molecule has 0 saturated heterocycles. The molecule has 9 aromatic carbocycles. The molecular formula is C94H94F6O21S6. The van der Waals surface area contributed by atoms with Crippen molar-refractivity contribution in [1.29, 1.82) is 0 Å². The molecule has 6 aliphatic rings. The summed E-state index contributed by atoms with van der Waals surface area (Å²) in [6.07, 6.45) is 3.31. The third kappa shape index (κ3) is 28.4. The zero-order valence-electron chi connectivity index (χ0n) is 69.2. The molecule has 21 nitrogen and oxygen atoms in total. The van der Waals surface area contributed by atoms with Crippen molar-refractivity contribution in [2.45, 2.75) is 150 Å². The van der Waals surface area contributed by atoms with E-state index < -0.39 is 132 Å². The molecule has 0 N–H and O–H groups in total. The Balaban J connectivity index is 0.000000173. The lowest BCUT2D eigenvalue weighted by Gasteiger charge is -2.58. The van der Waals surface area contributed by atoms with Crippen molar-refractivity contribution >= 4 is 98.9 Å². The number of carbonyl (C=O) groups excluding carboxylic acids is 6. The molecule has 0 amide bonds. The lowest BCUT2D eigenvalue weighted by atomic mass is 9.50. The Morgan fingerprint density at radius 3 is 0.913 bits per heavy atom. The van der Waals surface area contributed by atoms with Crippen LogP contribution in [0, 0.1) is 41.4 Å². The zero-order chi connectivity index (χ0) is 92.5. The van der Waals surface area contributed by atoms with Gasteiger partial charge in [-0.3, -0.25) is 14.4 Å². The van der Waals surface area contributed by atoms with Crippen molar-refractivity contribution in [3.05, 3.63) is 309 Å². The number of carbonyl (C=O) groups is 6. The smallest absolute Gasteiger partial charge is 0.367 e. The van der Waals surface area contributed by atoms with Crippen LogP contribution in [-0.4, -0.2) is 129 Å². The number of fused-ring (bicyclic) bond motifs is 2. The van der Waals surface area contributed by atoms with Crippen molar-refractivity contribution in [1.82, 2.24) is 0 Å². The largest absolute Gasteiger partial charge is 0.743 e. The summed E-state index contributed by atoms with van der Waals surface area (Å²) in [7, 11) is -17.7. The second-order valence-corrected chi connectivity index (χ2v) is 41.1. The van der Waals surface area contributed by atoms with Crippen LogP contribution in [0.2, 0.25) is 0 Å². The molecule has 127 heavy (non-hydrogen) atoms. The molecule has 0 aliphatic heterocycles. The fourth-order valence-electron chi connectivity index (χ4n) is 15.2. The Kier molecular flexibility index (Phi) is 35.8.